The molecule has 2 aromatic carbocycles. The maximum atomic E-state index is 7.21. The first-order valence-corrected chi connectivity index (χ1v) is 28.6. The Bertz CT molecular complexity index is 1770. The highest BCUT2D eigenvalue weighted by Gasteiger charge is 2.27. The molecule has 0 amide bonds. The van der Waals surface area contributed by atoms with E-state index in [0.717, 1.165) is 61.7 Å². The number of aromatic nitrogens is 4. The predicted octanol–water partition coefficient (Wildman–Crippen LogP) is 18.1. The van der Waals surface area contributed by atoms with Crippen LogP contribution in [0.1, 0.15) is 264 Å². The van der Waals surface area contributed by atoms with E-state index in [-0.39, 0.29) is 0 Å². The van der Waals surface area contributed by atoms with Crippen molar-refractivity contribution in [3.05, 3.63) is 106 Å². The lowest BCUT2D eigenvalue weighted by atomic mass is 9.78. The maximum absolute atomic E-state index is 7.21. The molecule has 0 aliphatic heterocycles. The molecule has 0 unspecified atom stereocenters. The van der Waals surface area contributed by atoms with Gasteiger partial charge in [0.15, 0.2) is 0 Å². The molecular weight excluding hydrogens is 817 g/mol. The Hall–Kier alpha value is -3.60. The lowest BCUT2D eigenvalue weighted by Crippen LogP contribution is -2.18. The van der Waals surface area contributed by atoms with E-state index in [0.29, 0.717) is 23.7 Å². The third-order valence-electron chi connectivity index (χ3n) is 15.6. The topological polar surface area (TPSA) is 60.8 Å². The van der Waals surface area contributed by atoms with Gasteiger partial charge in [-0.25, -0.2) is 19.9 Å². The van der Waals surface area contributed by atoms with Crippen molar-refractivity contribution in [2.45, 2.75) is 258 Å². The van der Waals surface area contributed by atoms with Gasteiger partial charge in [-0.1, -0.05) is 155 Å². The zero-order chi connectivity index (χ0) is 46.7. The van der Waals surface area contributed by atoms with Crippen molar-refractivity contribution in [2.24, 2.45) is 11.8 Å². The summed E-state index contributed by atoms with van der Waals surface area (Å²) in [6.07, 6.45) is 51.0. The van der Waals surface area contributed by atoms with E-state index in [1.54, 1.807) is 0 Å². The summed E-state index contributed by atoms with van der Waals surface area (Å²) in [7, 11) is 0. The predicted molar refractivity (Wildman–Crippen MR) is 284 cm³/mol. The smallest absolute Gasteiger partial charge is 0.131 e. The molecule has 368 valence electrons. The molecule has 2 heterocycles. The van der Waals surface area contributed by atoms with Crippen LogP contribution >= 0.6 is 0 Å². The Morgan fingerprint density at radius 2 is 0.687 bits per heavy atom. The fourth-order valence-corrected chi connectivity index (χ4v) is 11.2. The molecule has 2 saturated carbocycles. The highest BCUT2D eigenvalue weighted by molar-refractivity contribution is 5.45. The van der Waals surface area contributed by atoms with Crippen LogP contribution in [0, 0.1) is 11.8 Å². The fraction of sp³-hybridized carbons (Fsp3) is 0.677. The van der Waals surface area contributed by atoms with Crippen LogP contribution < -0.4 is 4.74 Å². The largest absolute Gasteiger partial charge is 0.457 e. The van der Waals surface area contributed by atoms with Gasteiger partial charge in [-0.3, -0.25) is 0 Å². The highest BCUT2D eigenvalue weighted by Crippen LogP contribution is 2.41. The van der Waals surface area contributed by atoms with E-state index in [1.807, 2.05) is 0 Å². The van der Waals surface area contributed by atoms with Crippen LogP contribution in [0.3, 0.4) is 0 Å². The summed E-state index contributed by atoms with van der Waals surface area (Å²) in [5.41, 5.74) is 8.36. The van der Waals surface area contributed by atoms with Crippen molar-refractivity contribution in [1.29, 1.82) is 0 Å². The second kappa shape index (κ2) is 30.8. The van der Waals surface area contributed by atoms with Crippen LogP contribution in [0.15, 0.2) is 61.2 Å². The lowest BCUT2D eigenvalue weighted by Gasteiger charge is -2.29. The van der Waals surface area contributed by atoms with Crippen LogP contribution in [0.5, 0.6) is 11.5 Å². The zero-order valence-corrected chi connectivity index (χ0v) is 43.3. The number of benzene rings is 2. The molecule has 5 heteroatoms. The lowest BCUT2D eigenvalue weighted by molar-refractivity contribution is 0.312. The molecule has 0 radical (unpaired) electrons. The molecule has 0 bridgehead atoms. The summed E-state index contributed by atoms with van der Waals surface area (Å²) in [6.45, 7) is 9.18. The first-order valence-electron chi connectivity index (χ1n) is 28.6. The molecule has 0 spiro atoms. The van der Waals surface area contributed by atoms with Crippen molar-refractivity contribution in [2.75, 3.05) is 0 Å². The Morgan fingerprint density at radius 1 is 0.373 bits per heavy atom. The second-order valence-electron chi connectivity index (χ2n) is 21.4. The van der Waals surface area contributed by atoms with Gasteiger partial charge in [0.05, 0.1) is 0 Å². The molecule has 67 heavy (non-hydrogen) atoms. The van der Waals surface area contributed by atoms with Gasteiger partial charge in [0.25, 0.3) is 0 Å². The van der Waals surface area contributed by atoms with Crippen molar-refractivity contribution >= 4 is 0 Å². The number of rotatable bonds is 32. The summed E-state index contributed by atoms with van der Waals surface area (Å²) < 4.78 is 7.21. The molecule has 0 atom stereocenters. The quantitative estimate of drug-likeness (QED) is 0.0457. The van der Waals surface area contributed by atoms with E-state index in [9.17, 15) is 0 Å². The van der Waals surface area contributed by atoms with Gasteiger partial charge in [0.2, 0.25) is 0 Å². The molecule has 0 N–H and O–H groups in total. The van der Waals surface area contributed by atoms with E-state index >= 15 is 0 Å². The third-order valence-corrected chi connectivity index (χ3v) is 15.6. The van der Waals surface area contributed by atoms with E-state index in [2.05, 4.69) is 88.9 Å². The maximum Gasteiger partial charge on any atom is 0.131 e. The minimum absolute atomic E-state index is 0.478. The average molecular weight is 911 g/mol. The van der Waals surface area contributed by atoms with Gasteiger partial charge in [-0.2, -0.15) is 0 Å². The SMILES string of the molecule is CCCCCCCc1cnc([C@H]2CC[C@H](Cc3cc(CCCCCCC)ccc3Oc3ccc(CCCCCCC)cc3C[C@H]3CC[C@H](c4ncc(CCCCCCC)cn4)CC3)CC2)nc1. The molecule has 0 saturated heterocycles. The molecule has 5 nitrogen and oxygen atoms in total. The molecule has 2 aliphatic carbocycles. The standard InChI is InChI=1S/C62H94N4O/c1-5-9-13-17-21-25-49-33-39-59(57(41-49)43-51-29-35-55(36-30-51)61-63-45-53(46-64-61)27-23-19-15-11-7-3)67-60-40-34-50(26-22-18-14-10-6-2)42-58(60)44-52-31-37-56(38-32-52)62-65-47-54(48-66-62)28-24-20-16-12-8-4/h33-34,39-42,45-48,51-52,55-56H,5-32,35-38,43-44H2,1-4H3/t51-,52-,55-,56-. The number of unbranched alkanes of at least 4 members (excludes halogenated alkanes) is 16. The van der Waals surface area contributed by atoms with Gasteiger partial charge < -0.3 is 4.74 Å². The molecule has 4 aromatic rings. The van der Waals surface area contributed by atoms with Crippen LogP contribution in [0.4, 0.5) is 0 Å². The van der Waals surface area contributed by atoms with Crippen LogP contribution in [0.2, 0.25) is 0 Å². The van der Waals surface area contributed by atoms with Gasteiger partial charge in [-0.05, 0) is 173 Å². The third kappa shape index (κ3) is 18.7. The second-order valence-corrected chi connectivity index (χ2v) is 21.4. The van der Waals surface area contributed by atoms with Gasteiger partial charge in [-0.15, -0.1) is 0 Å². The Morgan fingerprint density at radius 3 is 1.01 bits per heavy atom. The van der Waals surface area contributed by atoms with Crippen molar-refractivity contribution in [3.63, 3.8) is 0 Å². The Kier molecular flexibility index (Phi) is 24.3. The number of ether oxygens (including phenoxy) is 1. The van der Waals surface area contributed by atoms with Crippen molar-refractivity contribution < 1.29 is 4.74 Å². The van der Waals surface area contributed by atoms with Crippen molar-refractivity contribution in [3.8, 4) is 11.5 Å². The van der Waals surface area contributed by atoms with Crippen LogP contribution in [0.25, 0.3) is 0 Å². The summed E-state index contributed by atoms with van der Waals surface area (Å²) >= 11 is 0. The highest BCUT2D eigenvalue weighted by atomic mass is 16.5. The van der Waals surface area contributed by atoms with Crippen LogP contribution in [-0.4, -0.2) is 19.9 Å². The summed E-state index contributed by atoms with van der Waals surface area (Å²) in [5, 5.41) is 0. The number of hydrogen-bond acceptors (Lipinski definition) is 5. The number of aryl methyl sites for hydroxylation is 4. The Balaban J connectivity index is 1.11. The van der Waals surface area contributed by atoms with Gasteiger partial charge >= 0.3 is 0 Å². The van der Waals surface area contributed by atoms with Crippen molar-refractivity contribution in [1.82, 2.24) is 19.9 Å². The molecule has 2 aromatic heterocycles. The molecular formula is C62H94N4O. The van der Waals surface area contributed by atoms with Gasteiger partial charge in [0.1, 0.15) is 23.1 Å². The monoisotopic (exact) mass is 911 g/mol. The molecule has 6 rings (SSSR count). The normalized spacial score (nSPS) is 18.6. The summed E-state index contributed by atoms with van der Waals surface area (Å²) in [4.78, 5) is 19.7. The summed E-state index contributed by atoms with van der Waals surface area (Å²) in [5.74, 6) is 6.55. The minimum atomic E-state index is 0.478. The van der Waals surface area contributed by atoms with E-state index < -0.39 is 0 Å². The van der Waals surface area contributed by atoms with E-state index in [4.69, 9.17) is 24.7 Å². The first kappa shape index (κ1) is 52.8. The number of nitrogens with zero attached hydrogens (tertiary/aromatic N) is 4. The van der Waals surface area contributed by atoms with E-state index in [1.165, 1.54) is 213 Å². The fourth-order valence-electron chi connectivity index (χ4n) is 11.2. The molecule has 2 aliphatic rings. The molecule has 2 fully saturated rings. The zero-order valence-electron chi connectivity index (χ0n) is 43.3. The van der Waals surface area contributed by atoms with Gasteiger partial charge in [0, 0.05) is 36.6 Å². The summed E-state index contributed by atoms with van der Waals surface area (Å²) in [6, 6.07) is 14.5. The van der Waals surface area contributed by atoms with Crippen LogP contribution in [-0.2, 0) is 38.5 Å². The first-order chi connectivity index (χ1) is 33.0. The number of hydrogen-bond donors (Lipinski definition) is 0. The average Bonchev–Trinajstić information content (AvgIpc) is 3.36. The Labute approximate surface area is 410 Å². The minimum Gasteiger partial charge on any atom is -0.457 e.